The molecule has 5 nitrogen and oxygen atoms in total. The maximum absolute atomic E-state index is 13.0. The Balaban J connectivity index is 1.71. The van der Waals surface area contributed by atoms with Gasteiger partial charge in [-0.1, -0.05) is 71.5 Å². The number of carbonyl (C=O) groups is 1. The fraction of sp³-hybridized carbons (Fsp3) is 0.120. The third kappa shape index (κ3) is 4.44. The standard InChI is InChI=1S/C25H22N2O3S/c1-16-9-11-17(12-10-16)22-23(18-7-5-4-6-8-18)31-25(26-22)27-24(28)20-14-13-19(29-2)15-21(20)30-3/h4-15H,1-3H3,(H,26,27,28). The van der Waals surface area contributed by atoms with E-state index in [0.717, 1.165) is 21.7 Å². The molecular formula is C25H22N2O3S. The molecule has 4 rings (SSSR count). The van der Waals surface area contributed by atoms with Crippen LogP contribution in [0.4, 0.5) is 5.13 Å². The predicted molar refractivity (Wildman–Crippen MR) is 125 cm³/mol. The molecule has 31 heavy (non-hydrogen) atoms. The minimum Gasteiger partial charge on any atom is -0.497 e. The van der Waals surface area contributed by atoms with Gasteiger partial charge in [0.25, 0.3) is 5.91 Å². The Kier molecular flexibility index (Phi) is 6.00. The van der Waals surface area contributed by atoms with Crippen molar-refractivity contribution in [3.63, 3.8) is 0 Å². The monoisotopic (exact) mass is 430 g/mol. The van der Waals surface area contributed by atoms with Crippen molar-refractivity contribution in [2.45, 2.75) is 6.92 Å². The number of carbonyl (C=O) groups excluding carboxylic acids is 1. The first-order chi connectivity index (χ1) is 15.1. The quantitative estimate of drug-likeness (QED) is 0.404. The molecule has 156 valence electrons. The van der Waals surface area contributed by atoms with Crippen molar-refractivity contribution in [2.24, 2.45) is 0 Å². The van der Waals surface area contributed by atoms with Crippen molar-refractivity contribution in [3.8, 4) is 33.2 Å². The summed E-state index contributed by atoms with van der Waals surface area (Å²) in [5, 5.41) is 3.46. The molecule has 0 bridgehead atoms. The molecule has 1 heterocycles. The number of benzene rings is 3. The number of methoxy groups -OCH3 is 2. The molecule has 0 atom stereocenters. The van der Waals surface area contributed by atoms with Crippen LogP contribution >= 0.6 is 11.3 Å². The summed E-state index contributed by atoms with van der Waals surface area (Å²) >= 11 is 1.45. The van der Waals surface area contributed by atoms with E-state index in [2.05, 4.69) is 36.5 Å². The molecule has 0 fully saturated rings. The number of anilines is 1. The van der Waals surface area contributed by atoms with Crippen LogP contribution in [0.15, 0.2) is 72.8 Å². The largest absolute Gasteiger partial charge is 0.497 e. The van der Waals surface area contributed by atoms with Gasteiger partial charge in [-0.15, -0.1) is 0 Å². The summed E-state index contributed by atoms with van der Waals surface area (Å²) in [6.45, 7) is 2.05. The lowest BCUT2D eigenvalue weighted by molar-refractivity contribution is 0.102. The highest BCUT2D eigenvalue weighted by molar-refractivity contribution is 7.19. The lowest BCUT2D eigenvalue weighted by atomic mass is 10.1. The molecule has 4 aromatic rings. The second-order valence-electron chi connectivity index (χ2n) is 6.95. The van der Waals surface area contributed by atoms with Gasteiger partial charge in [0, 0.05) is 11.6 Å². The first kappa shape index (κ1) is 20.6. The van der Waals surface area contributed by atoms with Gasteiger partial charge in [0.2, 0.25) is 0 Å². The van der Waals surface area contributed by atoms with Crippen molar-refractivity contribution in [1.29, 1.82) is 0 Å². The second kappa shape index (κ2) is 9.02. The summed E-state index contributed by atoms with van der Waals surface area (Å²) in [6.07, 6.45) is 0. The zero-order valence-electron chi connectivity index (χ0n) is 17.5. The SMILES string of the molecule is COc1ccc(C(=O)Nc2nc(-c3ccc(C)cc3)c(-c3ccccc3)s2)c(OC)c1. The lowest BCUT2D eigenvalue weighted by Gasteiger charge is -2.09. The molecule has 1 N–H and O–H groups in total. The molecule has 0 spiro atoms. The Hall–Kier alpha value is -3.64. The van der Waals surface area contributed by atoms with Gasteiger partial charge < -0.3 is 9.47 Å². The Morgan fingerprint density at radius 2 is 1.65 bits per heavy atom. The molecule has 1 aromatic heterocycles. The zero-order valence-corrected chi connectivity index (χ0v) is 18.3. The fourth-order valence-corrected chi connectivity index (χ4v) is 4.20. The van der Waals surface area contributed by atoms with Gasteiger partial charge in [0.1, 0.15) is 11.5 Å². The third-order valence-corrected chi connectivity index (χ3v) is 5.88. The van der Waals surface area contributed by atoms with Crippen LogP contribution in [0.1, 0.15) is 15.9 Å². The normalized spacial score (nSPS) is 10.5. The second-order valence-corrected chi connectivity index (χ2v) is 7.95. The minimum atomic E-state index is -0.289. The van der Waals surface area contributed by atoms with Crippen LogP contribution in [0.5, 0.6) is 11.5 Å². The average Bonchev–Trinajstić information content (AvgIpc) is 3.23. The molecule has 0 saturated carbocycles. The molecular weight excluding hydrogens is 408 g/mol. The Morgan fingerprint density at radius 3 is 2.32 bits per heavy atom. The summed E-state index contributed by atoms with van der Waals surface area (Å²) in [5.74, 6) is 0.773. The van der Waals surface area contributed by atoms with Crippen molar-refractivity contribution >= 4 is 22.4 Å². The lowest BCUT2D eigenvalue weighted by Crippen LogP contribution is -2.13. The smallest absolute Gasteiger partial charge is 0.261 e. The van der Waals surface area contributed by atoms with Gasteiger partial charge in [0.05, 0.1) is 30.4 Å². The average molecular weight is 431 g/mol. The molecule has 0 aliphatic heterocycles. The molecule has 1 amide bonds. The number of ether oxygens (including phenoxy) is 2. The highest BCUT2D eigenvalue weighted by Gasteiger charge is 2.19. The number of nitrogens with one attached hydrogen (secondary N) is 1. The highest BCUT2D eigenvalue weighted by atomic mass is 32.1. The van der Waals surface area contributed by atoms with E-state index in [-0.39, 0.29) is 5.91 Å². The van der Waals surface area contributed by atoms with Crippen molar-refractivity contribution < 1.29 is 14.3 Å². The van der Waals surface area contributed by atoms with Crippen LogP contribution in [0.3, 0.4) is 0 Å². The van der Waals surface area contributed by atoms with E-state index in [4.69, 9.17) is 14.5 Å². The summed E-state index contributed by atoms with van der Waals surface area (Å²) in [6, 6.07) is 23.4. The predicted octanol–water partition coefficient (Wildman–Crippen LogP) is 6.06. The van der Waals surface area contributed by atoms with Gasteiger partial charge in [-0.25, -0.2) is 4.98 Å². The fourth-order valence-electron chi connectivity index (χ4n) is 3.22. The molecule has 0 aliphatic rings. The Morgan fingerprint density at radius 1 is 0.903 bits per heavy atom. The topological polar surface area (TPSA) is 60.5 Å². The molecule has 0 radical (unpaired) electrons. The number of rotatable bonds is 6. The maximum atomic E-state index is 13.0. The number of thiazole rings is 1. The molecule has 3 aromatic carbocycles. The third-order valence-electron chi connectivity index (χ3n) is 4.86. The molecule has 0 unspecified atom stereocenters. The van der Waals surface area contributed by atoms with E-state index in [1.54, 1.807) is 25.3 Å². The zero-order chi connectivity index (χ0) is 21.8. The van der Waals surface area contributed by atoms with Gasteiger partial charge in [0.15, 0.2) is 5.13 Å². The van der Waals surface area contributed by atoms with Crippen molar-refractivity contribution in [2.75, 3.05) is 19.5 Å². The summed E-state index contributed by atoms with van der Waals surface area (Å²) in [4.78, 5) is 18.7. The number of nitrogens with zero attached hydrogens (tertiary/aromatic N) is 1. The number of aryl methyl sites for hydroxylation is 1. The van der Waals surface area contributed by atoms with E-state index < -0.39 is 0 Å². The minimum absolute atomic E-state index is 0.289. The van der Waals surface area contributed by atoms with Gasteiger partial charge in [-0.05, 0) is 24.6 Å². The van der Waals surface area contributed by atoms with E-state index in [1.165, 1.54) is 24.0 Å². The van der Waals surface area contributed by atoms with Crippen LogP contribution < -0.4 is 14.8 Å². The van der Waals surface area contributed by atoms with Crippen molar-refractivity contribution in [1.82, 2.24) is 4.98 Å². The summed E-state index contributed by atoms with van der Waals surface area (Å²) in [7, 11) is 3.10. The summed E-state index contributed by atoms with van der Waals surface area (Å²) in [5.41, 5.74) is 4.49. The molecule has 0 aliphatic carbocycles. The first-order valence-electron chi connectivity index (χ1n) is 9.75. The van der Waals surface area contributed by atoms with Crippen LogP contribution in [0.25, 0.3) is 21.7 Å². The number of amides is 1. The van der Waals surface area contributed by atoms with E-state index in [0.29, 0.717) is 22.2 Å². The van der Waals surface area contributed by atoms with Gasteiger partial charge >= 0.3 is 0 Å². The van der Waals surface area contributed by atoms with Crippen LogP contribution in [0, 0.1) is 6.92 Å². The summed E-state index contributed by atoms with van der Waals surface area (Å²) < 4.78 is 10.6. The maximum Gasteiger partial charge on any atom is 0.261 e. The first-order valence-corrected chi connectivity index (χ1v) is 10.6. The van der Waals surface area contributed by atoms with E-state index >= 15 is 0 Å². The Labute approximate surface area is 185 Å². The van der Waals surface area contributed by atoms with E-state index in [9.17, 15) is 4.79 Å². The highest BCUT2D eigenvalue weighted by Crippen LogP contribution is 2.39. The van der Waals surface area contributed by atoms with Crippen LogP contribution in [-0.4, -0.2) is 25.1 Å². The van der Waals surface area contributed by atoms with Gasteiger partial charge in [-0.2, -0.15) is 0 Å². The van der Waals surface area contributed by atoms with E-state index in [1.807, 2.05) is 30.3 Å². The van der Waals surface area contributed by atoms with Crippen molar-refractivity contribution in [3.05, 3.63) is 83.9 Å². The Bertz CT molecular complexity index is 1200. The molecule has 0 saturated heterocycles. The van der Waals surface area contributed by atoms with Crippen LogP contribution in [0.2, 0.25) is 0 Å². The van der Waals surface area contributed by atoms with Crippen LogP contribution in [-0.2, 0) is 0 Å². The molecule has 6 heteroatoms. The number of hydrogen-bond acceptors (Lipinski definition) is 5. The van der Waals surface area contributed by atoms with Gasteiger partial charge in [-0.3, -0.25) is 10.1 Å². The number of hydrogen-bond donors (Lipinski definition) is 1. The number of aromatic nitrogens is 1.